The SMILES string of the molecule is CC(C)c1cc(OC(F)F)cc(C(C)C)c1N. The number of nitrogens with two attached hydrogens (primary N) is 1. The van der Waals surface area contributed by atoms with Crippen LogP contribution in [-0.2, 0) is 0 Å². The van der Waals surface area contributed by atoms with Gasteiger partial charge in [-0.15, -0.1) is 0 Å². The van der Waals surface area contributed by atoms with Crippen LogP contribution in [0.15, 0.2) is 12.1 Å². The van der Waals surface area contributed by atoms with E-state index < -0.39 is 6.61 Å². The zero-order valence-corrected chi connectivity index (χ0v) is 10.6. The highest BCUT2D eigenvalue weighted by atomic mass is 19.3. The maximum atomic E-state index is 12.2. The topological polar surface area (TPSA) is 35.2 Å². The van der Waals surface area contributed by atoms with Gasteiger partial charge in [0.1, 0.15) is 5.75 Å². The summed E-state index contributed by atoms with van der Waals surface area (Å²) in [5.74, 6) is 0.532. The molecule has 0 bridgehead atoms. The van der Waals surface area contributed by atoms with Crippen LogP contribution in [0.25, 0.3) is 0 Å². The van der Waals surface area contributed by atoms with Crippen LogP contribution in [0.5, 0.6) is 5.75 Å². The molecule has 0 saturated heterocycles. The highest BCUT2D eigenvalue weighted by Crippen LogP contribution is 2.34. The monoisotopic (exact) mass is 243 g/mol. The zero-order valence-electron chi connectivity index (χ0n) is 10.6. The number of hydrogen-bond donors (Lipinski definition) is 1. The Labute approximate surface area is 101 Å². The normalized spacial score (nSPS) is 11.6. The van der Waals surface area contributed by atoms with E-state index >= 15 is 0 Å². The third-order valence-corrected chi connectivity index (χ3v) is 2.69. The maximum absolute atomic E-state index is 12.2. The molecule has 0 spiro atoms. The molecular weight excluding hydrogens is 224 g/mol. The van der Waals surface area contributed by atoms with Gasteiger partial charge in [-0.1, -0.05) is 27.7 Å². The number of rotatable bonds is 4. The van der Waals surface area contributed by atoms with Gasteiger partial charge < -0.3 is 10.5 Å². The van der Waals surface area contributed by atoms with Crippen LogP contribution in [0.3, 0.4) is 0 Å². The van der Waals surface area contributed by atoms with E-state index in [2.05, 4.69) is 4.74 Å². The first-order valence-electron chi connectivity index (χ1n) is 5.71. The number of hydrogen-bond acceptors (Lipinski definition) is 2. The van der Waals surface area contributed by atoms with Gasteiger partial charge in [0.15, 0.2) is 0 Å². The van der Waals surface area contributed by atoms with Crippen molar-refractivity contribution >= 4 is 5.69 Å². The highest BCUT2D eigenvalue weighted by molar-refractivity contribution is 5.59. The van der Waals surface area contributed by atoms with E-state index in [1.807, 2.05) is 27.7 Å². The smallest absolute Gasteiger partial charge is 0.387 e. The predicted molar refractivity (Wildman–Crippen MR) is 65.7 cm³/mol. The summed E-state index contributed by atoms with van der Waals surface area (Å²) in [5, 5.41) is 0. The first-order chi connectivity index (χ1) is 7.82. The third-order valence-electron chi connectivity index (χ3n) is 2.69. The summed E-state index contributed by atoms with van der Waals surface area (Å²) in [4.78, 5) is 0. The van der Waals surface area contributed by atoms with Crippen molar-refractivity contribution in [2.75, 3.05) is 5.73 Å². The molecule has 2 N–H and O–H groups in total. The van der Waals surface area contributed by atoms with Crippen molar-refractivity contribution in [3.05, 3.63) is 23.3 Å². The average Bonchev–Trinajstić information content (AvgIpc) is 2.18. The van der Waals surface area contributed by atoms with E-state index in [4.69, 9.17) is 5.73 Å². The van der Waals surface area contributed by atoms with Gasteiger partial charge in [0.05, 0.1) is 0 Å². The molecule has 2 nitrogen and oxygen atoms in total. The van der Waals surface area contributed by atoms with Gasteiger partial charge in [-0.25, -0.2) is 0 Å². The minimum atomic E-state index is -2.81. The van der Waals surface area contributed by atoms with Gasteiger partial charge in [-0.05, 0) is 35.1 Å². The molecule has 0 radical (unpaired) electrons. The fraction of sp³-hybridized carbons (Fsp3) is 0.538. The molecule has 17 heavy (non-hydrogen) atoms. The summed E-state index contributed by atoms with van der Waals surface area (Å²) < 4.78 is 28.9. The van der Waals surface area contributed by atoms with Crippen molar-refractivity contribution < 1.29 is 13.5 Å². The molecule has 0 unspecified atom stereocenters. The van der Waals surface area contributed by atoms with E-state index in [0.717, 1.165) is 11.1 Å². The first kappa shape index (κ1) is 13.7. The van der Waals surface area contributed by atoms with Crippen molar-refractivity contribution in [2.45, 2.75) is 46.1 Å². The fourth-order valence-electron chi connectivity index (χ4n) is 1.80. The molecule has 1 aromatic rings. The van der Waals surface area contributed by atoms with Crippen molar-refractivity contribution in [2.24, 2.45) is 0 Å². The summed E-state index contributed by atoms with van der Waals surface area (Å²) in [5.41, 5.74) is 8.43. The second-order valence-corrected chi connectivity index (χ2v) is 4.70. The third kappa shape index (κ3) is 3.32. The Hall–Kier alpha value is -1.32. The van der Waals surface area contributed by atoms with Crippen LogP contribution >= 0.6 is 0 Å². The number of nitrogen functional groups attached to an aromatic ring is 1. The molecule has 0 saturated carbocycles. The minimum absolute atomic E-state index is 0.175. The fourth-order valence-corrected chi connectivity index (χ4v) is 1.80. The van der Waals surface area contributed by atoms with E-state index in [1.54, 1.807) is 12.1 Å². The Morgan fingerprint density at radius 1 is 1.00 bits per heavy atom. The second kappa shape index (κ2) is 5.34. The van der Waals surface area contributed by atoms with Crippen LogP contribution < -0.4 is 10.5 Å². The lowest BCUT2D eigenvalue weighted by atomic mass is 9.92. The Bertz CT molecular complexity index is 360. The number of alkyl halides is 2. The summed E-state index contributed by atoms with van der Waals surface area (Å²) in [7, 11) is 0. The van der Waals surface area contributed by atoms with Gasteiger partial charge >= 0.3 is 6.61 Å². The van der Waals surface area contributed by atoms with Crippen LogP contribution in [-0.4, -0.2) is 6.61 Å². The van der Waals surface area contributed by atoms with Crippen molar-refractivity contribution in [3.8, 4) is 5.75 Å². The molecule has 0 aliphatic carbocycles. The predicted octanol–water partition coefficient (Wildman–Crippen LogP) is 4.12. The summed E-state index contributed by atoms with van der Waals surface area (Å²) in [6.07, 6.45) is 0. The number of ether oxygens (including phenoxy) is 1. The van der Waals surface area contributed by atoms with Gasteiger partial charge in [0.25, 0.3) is 0 Å². The lowest BCUT2D eigenvalue weighted by Gasteiger charge is -2.18. The lowest BCUT2D eigenvalue weighted by Crippen LogP contribution is -2.07. The largest absolute Gasteiger partial charge is 0.435 e. The molecule has 0 atom stereocenters. The Balaban J connectivity index is 3.26. The quantitative estimate of drug-likeness (QED) is 0.807. The number of anilines is 1. The molecule has 0 amide bonds. The molecule has 0 aromatic heterocycles. The van der Waals surface area contributed by atoms with E-state index in [1.165, 1.54) is 0 Å². The molecule has 0 heterocycles. The standard InChI is InChI=1S/C13H19F2NO/c1-7(2)10-5-9(17-13(14)15)6-11(8(3)4)12(10)16/h5-8,13H,16H2,1-4H3. The molecule has 96 valence electrons. The van der Waals surface area contributed by atoms with Gasteiger partial charge in [-0.2, -0.15) is 8.78 Å². The van der Waals surface area contributed by atoms with E-state index in [9.17, 15) is 8.78 Å². The average molecular weight is 243 g/mol. The Morgan fingerprint density at radius 3 is 1.71 bits per heavy atom. The molecule has 1 rings (SSSR count). The van der Waals surface area contributed by atoms with Crippen molar-refractivity contribution in [1.82, 2.24) is 0 Å². The second-order valence-electron chi connectivity index (χ2n) is 4.70. The van der Waals surface area contributed by atoms with Gasteiger partial charge in [0.2, 0.25) is 0 Å². The summed E-state index contributed by atoms with van der Waals surface area (Å²) in [6.45, 7) is 5.09. The highest BCUT2D eigenvalue weighted by Gasteiger charge is 2.15. The van der Waals surface area contributed by atoms with E-state index in [0.29, 0.717) is 5.69 Å². The van der Waals surface area contributed by atoms with Crippen molar-refractivity contribution in [1.29, 1.82) is 0 Å². The Morgan fingerprint density at radius 2 is 1.41 bits per heavy atom. The van der Waals surface area contributed by atoms with Gasteiger partial charge in [0, 0.05) is 5.69 Å². The van der Waals surface area contributed by atoms with Crippen LogP contribution in [0.4, 0.5) is 14.5 Å². The summed E-state index contributed by atoms with van der Waals surface area (Å²) in [6, 6.07) is 3.19. The van der Waals surface area contributed by atoms with Crippen LogP contribution in [0.1, 0.15) is 50.7 Å². The molecule has 1 aromatic carbocycles. The number of benzene rings is 1. The summed E-state index contributed by atoms with van der Waals surface area (Å²) >= 11 is 0. The minimum Gasteiger partial charge on any atom is -0.435 e. The molecular formula is C13H19F2NO. The van der Waals surface area contributed by atoms with E-state index in [-0.39, 0.29) is 17.6 Å². The van der Waals surface area contributed by atoms with Gasteiger partial charge in [-0.3, -0.25) is 0 Å². The molecule has 0 fully saturated rings. The molecule has 4 heteroatoms. The maximum Gasteiger partial charge on any atom is 0.387 e. The molecule has 0 aliphatic rings. The van der Waals surface area contributed by atoms with Crippen LogP contribution in [0.2, 0.25) is 0 Å². The first-order valence-corrected chi connectivity index (χ1v) is 5.71. The zero-order chi connectivity index (χ0) is 13.2. The Kier molecular flexibility index (Phi) is 4.32. The van der Waals surface area contributed by atoms with Crippen molar-refractivity contribution in [3.63, 3.8) is 0 Å². The number of halogens is 2. The van der Waals surface area contributed by atoms with Crippen LogP contribution in [0, 0.1) is 0 Å². The molecule has 0 aliphatic heterocycles. The lowest BCUT2D eigenvalue weighted by molar-refractivity contribution is -0.0499.